The minimum Gasteiger partial charge on any atom is -0.402 e. The third-order valence-electron chi connectivity index (χ3n) is 6.27. The van der Waals surface area contributed by atoms with Crippen LogP contribution in [0.5, 0.6) is 0 Å². The fourth-order valence-corrected chi connectivity index (χ4v) is 4.89. The van der Waals surface area contributed by atoms with Crippen LogP contribution >= 0.6 is 0 Å². The molecule has 2 heteroatoms. The normalized spacial score (nSPS) is 42.3. The third kappa shape index (κ3) is 4.07. The molecule has 0 saturated heterocycles. The summed E-state index contributed by atoms with van der Waals surface area (Å²) in [5.74, 6) is 4.42. The van der Waals surface area contributed by atoms with Gasteiger partial charge in [0.05, 0.1) is 12.2 Å². The van der Waals surface area contributed by atoms with Gasteiger partial charge in [0.2, 0.25) is 0 Å². The van der Waals surface area contributed by atoms with Crippen molar-refractivity contribution in [3.8, 4) is 0 Å². The van der Waals surface area contributed by atoms with Gasteiger partial charge in [-0.15, -0.1) is 0 Å². The first-order valence-electron chi connectivity index (χ1n) is 9.63. The molecule has 0 amide bonds. The Bertz CT molecular complexity index is 395. The number of rotatable bonds is 5. The van der Waals surface area contributed by atoms with Gasteiger partial charge in [0.15, 0.2) is 0 Å². The molecule has 0 radical (unpaired) electrons. The molecule has 0 spiro atoms. The highest BCUT2D eigenvalue weighted by Gasteiger charge is 2.41. The van der Waals surface area contributed by atoms with Gasteiger partial charge in [-0.05, 0) is 81.0 Å². The maximum atomic E-state index is 6.57. The fourth-order valence-electron chi connectivity index (χ4n) is 4.89. The second kappa shape index (κ2) is 6.95. The molecule has 0 aromatic carbocycles. The van der Waals surface area contributed by atoms with Crippen LogP contribution in [0.25, 0.3) is 0 Å². The van der Waals surface area contributed by atoms with Gasteiger partial charge in [-0.2, -0.15) is 0 Å². The first-order valence-corrected chi connectivity index (χ1v) is 9.63. The van der Waals surface area contributed by atoms with E-state index in [9.17, 15) is 0 Å². The number of hydrogen-bond donors (Lipinski definition) is 1. The quantitative estimate of drug-likeness (QED) is 0.785. The van der Waals surface area contributed by atoms with Crippen LogP contribution in [-0.2, 0) is 4.74 Å². The summed E-state index contributed by atoms with van der Waals surface area (Å²) in [6.45, 7) is 7.05. The van der Waals surface area contributed by atoms with Gasteiger partial charge >= 0.3 is 0 Å². The fraction of sp³-hybridized carbons (Fsp3) is 0.900. The largest absolute Gasteiger partial charge is 0.402 e. The van der Waals surface area contributed by atoms with Gasteiger partial charge in [0.1, 0.15) is 0 Å². The Balaban J connectivity index is 1.49. The van der Waals surface area contributed by atoms with Crippen LogP contribution in [-0.4, -0.2) is 12.2 Å². The van der Waals surface area contributed by atoms with Crippen molar-refractivity contribution in [2.75, 3.05) is 0 Å². The Morgan fingerprint density at radius 2 is 1.91 bits per heavy atom. The van der Waals surface area contributed by atoms with E-state index >= 15 is 0 Å². The Labute approximate surface area is 136 Å². The molecular weight excluding hydrogens is 270 g/mol. The van der Waals surface area contributed by atoms with Crippen LogP contribution in [0.2, 0.25) is 0 Å². The van der Waals surface area contributed by atoms with Gasteiger partial charge in [-0.3, -0.25) is 0 Å². The maximum Gasteiger partial charge on any atom is 0.0645 e. The van der Waals surface area contributed by atoms with E-state index in [0.717, 1.165) is 42.2 Å². The summed E-state index contributed by atoms with van der Waals surface area (Å²) in [6, 6.07) is 0. The lowest BCUT2D eigenvalue weighted by atomic mass is 9.81. The SMILES string of the molecule is CC(C)CC1CC(N)=CCC1OC1CCC(C2CC2C)CC1. The smallest absolute Gasteiger partial charge is 0.0645 e. The molecule has 3 aliphatic rings. The van der Waals surface area contributed by atoms with Crippen LogP contribution in [0.15, 0.2) is 11.8 Å². The molecule has 0 aromatic rings. The van der Waals surface area contributed by atoms with Crippen molar-refractivity contribution < 1.29 is 4.74 Å². The van der Waals surface area contributed by atoms with Crippen molar-refractivity contribution in [1.29, 1.82) is 0 Å². The minimum absolute atomic E-state index is 0.413. The number of nitrogens with two attached hydrogens (primary N) is 1. The summed E-state index contributed by atoms with van der Waals surface area (Å²) in [4.78, 5) is 0. The second-order valence-electron chi connectivity index (χ2n) is 8.70. The van der Waals surface area contributed by atoms with Gasteiger partial charge in [0.25, 0.3) is 0 Å². The predicted molar refractivity (Wildman–Crippen MR) is 92.3 cm³/mol. The molecule has 0 aromatic heterocycles. The second-order valence-corrected chi connectivity index (χ2v) is 8.70. The van der Waals surface area contributed by atoms with E-state index in [1.54, 1.807) is 0 Å². The summed E-state index contributed by atoms with van der Waals surface area (Å²) < 4.78 is 6.57. The molecular formula is C20H35NO. The zero-order valence-corrected chi connectivity index (χ0v) is 14.8. The Morgan fingerprint density at radius 3 is 2.50 bits per heavy atom. The van der Waals surface area contributed by atoms with Crippen molar-refractivity contribution in [2.24, 2.45) is 35.3 Å². The van der Waals surface area contributed by atoms with Crippen LogP contribution in [0.1, 0.15) is 72.1 Å². The molecule has 0 heterocycles. The van der Waals surface area contributed by atoms with Gasteiger partial charge in [-0.25, -0.2) is 0 Å². The molecule has 22 heavy (non-hydrogen) atoms. The molecule has 2 saturated carbocycles. The third-order valence-corrected chi connectivity index (χ3v) is 6.27. The van der Waals surface area contributed by atoms with Crippen molar-refractivity contribution in [2.45, 2.75) is 84.3 Å². The van der Waals surface area contributed by atoms with E-state index < -0.39 is 0 Å². The summed E-state index contributed by atoms with van der Waals surface area (Å²) in [5.41, 5.74) is 7.15. The average molecular weight is 306 g/mol. The van der Waals surface area contributed by atoms with Crippen LogP contribution in [0.4, 0.5) is 0 Å². The van der Waals surface area contributed by atoms with Crippen molar-refractivity contribution in [3.63, 3.8) is 0 Å². The molecule has 0 bridgehead atoms. The molecule has 2 nitrogen and oxygen atoms in total. The molecule has 0 aliphatic heterocycles. The van der Waals surface area contributed by atoms with Crippen molar-refractivity contribution in [1.82, 2.24) is 0 Å². The maximum absolute atomic E-state index is 6.57. The highest BCUT2D eigenvalue weighted by Crippen LogP contribution is 2.49. The predicted octanol–water partition coefficient (Wildman–Crippen LogP) is 4.89. The average Bonchev–Trinajstić information content (AvgIpc) is 3.19. The zero-order chi connectivity index (χ0) is 15.7. The van der Waals surface area contributed by atoms with Crippen LogP contribution in [0.3, 0.4) is 0 Å². The highest BCUT2D eigenvalue weighted by atomic mass is 16.5. The first-order chi connectivity index (χ1) is 10.5. The molecule has 3 rings (SSSR count). The van der Waals surface area contributed by atoms with E-state index in [2.05, 4.69) is 26.8 Å². The van der Waals surface area contributed by atoms with E-state index in [4.69, 9.17) is 10.5 Å². The summed E-state index contributed by atoms with van der Waals surface area (Å²) in [7, 11) is 0. The molecule has 2 N–H and O–H groups in total. The van der Waals surface area contributed by atoms with Crippen molar-refractivity contribution >= 4 is 0 Å². The molecule has 2 fully saturated rings. The molecule has 4 unspecified atom stereocenters. The number of hydrogen-bond acceptors (Lipinski definition) is 2. The van der Waals surface area contributed by atoms with Crippen LogP contribution in [0, 0.1) is 29.6 Å². The van der Waals surface area contributed by atoms with Crippen molar-refractivity contribution in [3.05, 3.63) is 11.8 Å². The Morgan fingerprint density at radius 1 is 1.23 bits per heavy atom. The van der Waals surface area contributed by atoms with E-state index in [1.807, 2.05) is 0 Å². The topological polar surface area (TPSA) is 35.2 Å². The molecule has 3 aliphatic carbocycles. The zero-order valence-electron chi connectivity index (χ0n) is 14.8. The van der Waals surface area contributed by atoms with Crippen LogP contribution < -0.4 is 5.73 Å². The monoisotopic (exact) mass is 305 g/mol. The first kappa shape index (κ1) is 16.4. The summed E-state index contributed by atoms with van der Waals surface area (Å²) >= 11 is 0. The van der Waals surface area contributed by atoms with Gasteiger partial charge in [-0.1, -0.05) is 26.8 Å². The lowest BCUT2D eigenvalue weighted by Crippen LogP contribution is -2.35. The molecule has 126 valence electrons. The van der Waals surface area contributed by atoms with E-state index in [0.29, 0.717) is 18.1 Å². The van der Waals surface area contributed by atoms with Gasteiger partial charge in [0, 0.05) is 5.70 Å². The summed E-state index contributed by atoms with van der Waals surface area (Å²) in [6.07, 6.45) is 13.3. The lowest BCUT2D eigenvalue weighted by Gasteiger charge is -2.37. The van der Waals surface area contributed by atoms with Gasteiger partial charge < -0.3 is 10.5 Å². The summed E-state index contributed by atoms with van der Waals surface area (Å²) in [5, 5.41) is 0. The van der Waals surface area contributed by atoms with E-state index in [1.165, 1.54) is 38.5 Å². The Kier molecular flexibility index (Phi) is 5.17. The molecule has 4 atom stereocenters. The lowest BCUT2D eigenvalue weighted by molar-refractivity contribution is -0.0683. The van der Waals surface area contributed by atoms with E-state index in [-0.39, 0.29) is 0 Å². The minimum atomic E-state index is 0.413. The Hall–Kier alpha value is -0.500. The number of ether oxygens (including phenoxy) is 1. The number of allylic oxidation sites excluding steroid dienone is 1. The standard InChI is InChI=1S/C20H35NO/c1-13(2)10-16-12-17(21)6-9-20(16)22-18-7-4-15(5-8-18)19-11-14(19)3/h6,13-16,18-20H,4-5,7-12,21H2,1-3H3. The highest BCUT2D eigenvalue weighted by molar-refractivity contribution is 5.05.